The van der Waals surface area contributed by atoms with Crippen molar-refractivity contribution in [2.75, 3.05) is 0 Å². The van der Waals surface area contributed by atoms with Crippen LogP contribution < -0.4 is 5.73 Å². The molecule has 2 rings (SSSR count). The Morgan fingerprint density at radius 3 is 2.88 bits per heavy atom. The van der Waals surface area contributed by atoms with Crippen LogP contribution in [-0.4, -0.2) is 10.8 Å². The fraction of sp³-hybridized carbons (Fsp3) is 0.0909. The summed E-state index contributed by atoms with van der Waals surface area (Å²) in [4.78, 5) is 15.4. The van der Waals surface area contributed by atoms with Gasteiger partial charge in [-0.3, -0.25) is 9.78 Å². The monoisotopic (exact) mass is 220 g/mol. The second-order valence-corrected chi connectivity index (χ2v) is 3.15. The second-order valence-electron chi connectivity index (χ2n) is 3.15. The number of rotatable bonds is 3. The molecule has 2 heterocycles. The van der Waals surface area contributed by atoms with E-state index in [0.717, 1.165) is 6.20 Å². The second kappa shape index (κ2) is 4.24. The molecular weight excluding hydrogens is 211 g/mol. The molecule has 0 saturated heterocycles. The first-order valence-corrected chi connectivity index (χ1v) is 4.65. The molecule has 0 saturated carbocycles. The lowest BCUT2D eigenvalue weighted by Gasteiger charge is -1.98. The van der Waals surface area contributed by atoms with E-state index >= 15 is 0 Å². The van der Waals surface area contributed by atoms with Crippen LogP contribution in [0.2, 0.25) is 0 Å². The summed E-state index contributed by atoms with van der Waals surface area (Å²) in [6.07, 6.45) is 2.34. The number of furan rings is 1. The Kier molecular flexibility index (Phi) is 2.78. The van der Waals surface area contributed by atoms with Crippen LogP contribution in [-0.2, 0) is 6.54 Å². The van der Waals surface area contributed by atoms with Gasteiger partial charge in [0, 0.05) is 6.20 Å². The first-order chi connectivity index (χ1) is 7.72. The number of nitrogens with zero attached hydrogens (tertiary/aromatic N) is 1. The number of ketones is 1. The van der Waals surface area contributed by atoms with E-state index in [9.17, 15) is 9.18 Å². The summed E-state index contributed by atoms with van der Waals surface area (Å²) in [7, 11) is 0. The third-order valence-electron chi connectivity index (χ3n) is 2.10. The molecule has 0 atom stereocenters. The quantitative estimate of drug-likeness (QED) is 0.796. The molecule has 0 aliphatic carbocycles. The molecule has 5 heteroatoms. The van der Waals surface area contributed by atoms with Crippen molar-refractivity contribution in [3.8, 4) is 0 Å². The molecule has 0 unspecified atom stereocenters. The van der Waals surface area contributed by atoms with Gasteiger partial charge >= 0.3 is 0 Å². The predicted molar refractivity (Wildman–Crippen MR) is 54.2 cm³/mol. The van der Waals surface area contributed by atoms with E-state index in [4.69, 9.17) is 10.2 Å². The molecule has 82 valence electrons. The van der Waals surface area contributed by atoms with Gasteiger partial charge in [0.05, 0.1) is 18.3 Å². The van der Waals surface area contributed by atoms with Gasteiger partial charge < -0.3 is 10.2 Å². The lowest BCUT2D eigenvalue weighted by Crippen LogP contribution is -2.03. The van der Waals surface area contributed by atoms with Crippen molar-refractivity contribution >= 4 is 5.78 Å². The van der Waals surface area contributed by atoms with Gasteiger partial charge in [-0.1, -0.05) is 0 Å². The summed E-state index contributed by atoms with van der Waals surface area (Å²) in [6.45, 7) is 0.201. The summed E-state index contributed by atoms with van der Waals surface area (Å²) in [5.74, 6) is -0.624. The van der Waals surface area contributed by atoms with Crippen LogP contribution in [0.4, 0.5) is 4.39 Å². The van der Waals surface area contributed by atoms with Crippen molar-refractivity contribution in [3.05, 3.63) is 53.5 Å². The van der Waals surface area contributed by atoms with Crippen LogP contribution in [0.5, 0.6) is 0 Å². The van der Waals surface area contributed by atoms with Crippen LogP contribution >= 0.6 is 0 Å². The Hall–Kier alpha value is -2.01. The zero-order valence-corrected chi connectivity index (χ0v) is 8.31. The van der Waals surface area contributed by atoms with Crippen molar-refractivity contribution in [2.45, 2.75) is 6.54 Å². The minimum atomic E-state index is -0.668. The topological polar surface area (TPSA) is 69.1 Å². The maximum Gasteiger partial charge on any atom is 0.231 e. The largest absolute Gasteiger partial charge is 0.456 e. The van der Waals surface area contributed by atoms with E-state index in [0.29, 0.717) is 5.76 Å². The normalized spacial score (nSPS) is 10.4. The number of hydrogen-bond donors (Lipinski definition) is 1. The van der Waals surface area contributed by atoms with Crippen molar-refractivity contribution in [1.82, 2.24) is 4.98 Å². The van der Waals surface area contributed by atoms with Gasteiger partial charge in [0.2, 0.25) is 5.78 Å². The minimum Gasteiger partial charge on any atom is -0.456 e. The van der Waals surface area contributed by atoms with Crippen molar-refractivity contribution in [3.63, 3.8) is 0 Å². The van der Waals surface area contributed by atoms with Crippen LogP contribution in [0.3, 0.4) is 0 Å². The maximum absolute atomic E-state index is 13.3. The average Bonchev–Trinajstić information content (AvgIpc) is 2.77. The van der Waals surface area contributed by atoms with Crippen molar-refractivity contribution in [1.29, 1.82) is 0 Å². The zero-order chi connectivity index (χ0) is 11.5. The third-order valence-corrected chi connectivity index (χ3v) is 2.10. The highest BCUT2D eigenvalue weighted by Gasteiger charge is 2.17. The number of halogens is 1. The van der Waals surface area contributed by atoms with E-state index in [1.807, 2.05) is 0 Å². The fourth-order valence-corrected chi connectivity index (χ4v) is 1.30. The molecule has 0 spiro atoms. The lowest BCUT2D eigenvalue weighted by atomic mass is 10.1. The molecule has 2 N–H and O–H groups in total. The highest BCUT2D eigenvalue weighted by Crippen LogP contribution is 2.14. The number of carbonyl (C=O) groups excluding carboxylic acids is 1. The van der Waals surface area contributed by atoms with Gasteiger partial charge in [-0.2, -0.15) is 0 Å². The van der Waals surface area contributed by atoms with Crippen LogP contribution in [0, 0.1) is 5.82 Å². The Morgan fingerprint density at radius 1 is 1.44 bits per heavy atom. The molecule has 0 aliphatic heterocycles. The van der Waals surface area contributed by atoms with E-state index in [-0.39, 0.29) is 17.9 Å². The molecular formula is C11H9FN2O2. The molecule has 0 aromatic carbocycles. The molecule has 0 radical (unpaired) electrons. The predicted octanol–water partition coefficient (Wildman–Crippen LogP) is 1.50. The molecule has 0 amide bonds. The van der Waals surface area contributed by atoms with Crippen LogP contribution in [0.1, 0.15) is 21.9 Å². The van der Waals surface area contributed by atoms with Gasteiger partial charge in [0.25, 0.3) is 0 Å². The Morgan fingerprint density at radius 2 is 2.25 bits per heavy atom. The molecule has 0 fully saturated rings. The Labute approximate surface area is 90.9 Å². The first kappa shape index (κ1) is 10.5. The summed E-state index contributed by atoms with van der Waals surface area (Å²) in [6, 6.07) is 4.37. The zero-order valence-electron chi connectivity index (χ0n) is 8.31. The highest BCUT2D eigenvalue weighted by molar-refractivity contribution is 6.07. The van der Waals surface area contributed by atoms with E-state index in [1.165, 1.54) is 18.3 Å². The van der Waals surface area contributed by atoms with E-state index in [2.05, 4.69) is 4.98 Å². The van der Waals surface area contributed by atoms with Crippen molar-refractivity contribution in [2.24, 2.45) is 5.73 Å². The Bertz CT molecular complexity index is 522. The number of carbonyl (C=O) groups is 1. The molecule has 2 aromatic heterocycles. The third kappa shape index (κ3) is 1.85. The average molecular weight is 220 g/mol. The molecule has 2 aromatic rings. The SMILES string of the molecule is NCc1ccc(C(=O)c2ccncc2F)o1. The number of hydrogen-bond acceptors (Lipinski definition) is 4. The summed E-state index contributed by atoms with van der Waals surface area (Å²) < 4.78 is 18.4. The smallest absolute Gasteiger partial charge is 0.231 e. The van der Waals surface area contributed by atoms with Gasteiger partial charge in [-0.25, -0.2) is 4.39 Å². The van der Waals surface area contributed by atoms with Gasteiger partial charge in [-0.15, -0.1) is 0 Å². The van der Waals surface area contributed by atoms with Crippen LogP contribution in [0.25, 0.3) is 0 Å². The standard InChI is InChI=1S/C11H9FN2O2/c12-9-6-14-4-3-8(9)11(15)10-2-1-7(5-13)16-10/h1-4,6H,5,13H2. The fourth-order valence-electron chi connectivity index (χ4n) is 1.30. The van der Waals surface area contributed by atoms with E-state index < -0.39 is 11.6 Å². The Balaban J connectivity index is 2.35. The maximum atomic E-state index is 13.3. The van der Waals surface area contributed by atoms with Crippen LogP contribution in [0.15, 0.2) is 35.0 Å². The van der Waals surface area contributed by atoms with Crippen molar-refractivity contribution < 1.29 is 13.6 Å². The molecule has 0 bridgehead atoms. The van der Waals surface area contributed by atoms with Gasteiger partial charge in [-0.05, 0) is 18.2 Å². The molecule has 16 heavy (non-hydrogen) atoms. The van der Waals surface area contributed by atoms with E-state index in [1.54, 1.807) is 6.07 Å². The molecule has 4 nitrogen and oxygen atoms in total. The highest BCUT2D eigenvalue weighted by atomic mass is 19.1. The number of aromatic nitrogens is 1. The lowest BCUT2D eigenvalue weighted by molar-refractivity contribution is 0.100. The van der Waals surface area contributed by atoms with Gasteiger partial charge in [0.15, 0.2) is 11.6 Å². The number of nitrogens with two attached hydrogens (primary N) is 1. The molecule has 0 aliphatic rings. The minimum absolute atomic E-state index is 0.0621. The van der Waals surface area contributed by atoms with Gasteiger partial charge in [0.1, 0.15) is 5.76 Å². The summed E-state index contributed by atoms with van der Waals surface area (Å²) in [5, 5.41) is 0. The first-order valence-electron chi connectivity index (χ1n) is 4.65. The summed E-state index contributed by atoms with van der Waals surface area (Å²) >= 11 is 0. The summed E-state index contributed by atoms with van der Waals surface area (Å²) in [5.41, 5.74) is 5.28. The number of pyridine rings is 1.